The van der Waals surface area contributed by atoms with E-state index in [2.05, 4.69) is 9.97 Å². The first kappa shape index (κ1) is 14.7. The average molecular weight is 341 g/mol. The molecule has 0 radical (unpaired) electrons. The highest BCUT2D eigenvalue weighted by atomic mass is 32.2. The minimum Gasteiger partial charge on any atom is -0.383 e. The number of thiophene rings is 1. The Bertz CT molecular complexity index is 890. The third-order valence-corrected chi connectivity index (χ3v) is 6.03. The van der Waals surface area contributed by atoms with Crippen molar-refractivity contribution in [2.24, 2.45) is 0 Å². The maximum absolute atomic E-state index is 12.2. The van der Waals surface area contributed by atoms with Crippen LogP contribution in [0.2, 0.25) is 0 Å². The first-order chi connectivity index (χ1) is 11.2. The van der Waals surface area contributed by atoms with Crippen LogP contribution in [0.4, 0.5) is 5.82 Å². The van der Waals surface area contributed by atoms with Gasteiger partial charge in [-0.25, -0.2) is 9.97 Å². The van der Waals surface area contributed by atoms with Crippen LogP contribution in [-0.2, 0) is 12.8 Å². The normalized spacial score (nSPS) is 13.4. The van der Waals surface area contributed by atoms with Crippen molar-refractivity contribution in [2.75, 3.05) is 11.5 Å². The van der Waals surface area contributed by atoms with Gasteiger partial charge in [0.05, 0.1) is 11.1 Å². The average Bonchev–Trinajstić information content (AvgIpc) is 3.13. The molecule has 1 aromatic carbocycles. The molecule has 1 aliphatic carbocycles. The lowest BCUT2D eigenvalue weighted by Crippen LogP contribution is -2.03. The number of hydrogen-bond donors (Lipinski definition) is 1. The van der Waals surface area contributed by atoms with Gasteiger partial charge in [0, 0.05) is 10.4 Å². The van der Waals surface area contributed by atoms with Gasteiger partial charge in [-0.3, -0.25) is 4.79 Å². The number of ketones is 1. The zero-order chi connectivity index (χ0) is 15.8. The largest absolute Gasteiger partial charge is 0.383 e. The maximum Gasteiger partial charge on any atom is 0.191 e. The summed E-state index contributed by atoms with van der Waals surface area (Å²) >= 11 is 3.06. The quantitative estimate of drug-likeness (QED) is 0.445. The second-order valence-electron chi connectivity index (χ2n) is 5.51. The van der Waals surface area contributed by atoms with Gasteiger partial charge >= 0.3 is 0 Å². The van der Waals surface area contributed by atoms with Gasteiger partial charge in [-0.1, -0.05) is 42.1 Å². The number of anilines is 1. The van der Waals surface area contributed by atoms with Gasteiger partial charge in [0.2, 0.25) is 0 Å². The standard InChI is InChI=1S/C17H15N3OS2/c18-15-14-11-7-4-8-13(11)23-16(14)20-17(19-15)22-9-12(21)10-5-2-1-3-6-10/h1-3,5-6H,4,7-9H2,(H2,18,19,20). The van der Waals surface area contributed by atoms with Gasteiger partial charge in [0.25, 0.3) is 0 Å². The molecular weight excluding hydrogens is 326 g/mol. The fraction of sp³-hybridized carbons (Fsp3) is 0.235. The van der Waals surface area contributed by atoms with Gasteiger partial charge in [-0.15, -0.1) is 11.3 Å². The Hall–Kier alpha value is -1.92. The third kappa shape index (κ3) is 2.72. The summed E-state index contributed by atoms with van der Waals surface area (Å²) in [6.07, 6.45) is 3.38. The summed E-state index contributed by atoms with van der Waals surface area (Å²) in [6, 6.07) is 9.28. The molecule has 116 valence electrons. The molecule has 0 amide bonds. The number of benzene rings is 1. The predicted molar refractivity (Wildman–Crippen MR) is 95.3 cm³/mol. The van der Waals surface area contributed by atoms with E-state index in [0.29, 0.717) is 22.3 Å². The highest BCUT2D eigenvalue weighted by Crippen LogP contribution is 2.39. The second kappa shape index (κ2) is 5.94. The molecule has 0 atom stereocenters. The SMILES string of the molecule is Nc1nc(SCC(=O)c2ccccc2)nc2sc3c(c12)CCC3. The zero-order valence-corrected chi connectivity index (χ0v) is 14.0. The number of aromatic nitrogens is 2. The van der Waals surface area contributed by atoms with Crippen LogP contribution in [0, 0.1) is 0 Å². The fourth-order valence-electron chi connectivity index (χ4n) is 2.91. The number of hydrogen-bond acceptors (Lipinski definition) is 6. The highest BCUT2D eigenvalue weighted by Gasteiger charge is 2.21. The van der Waals surface area contributed by atoms with Crippen molar-refractivity contribution >= 4 is 44.9 Å². The highest BCUT2D eigenvalue weighted by molar-refractivity contribution is 7.99. The van der Waals surface area contributed by atoms with Crippen LogP contribution in [0.15, 0.2) is 35.5 Å². The Morgan fingerprint density at radius 1 is 1.22 bits per heavy atom. The Labute approximate surface area is 142 Å². The summed E-state index contributed by atoms with van der Waals surface area (Å²) < 4.78 is 0. The summed E-state index contributed by atoms with van der Waals surface area (Å²) in [5.74, 6) is 0.940. The summed E-state index contributed by atoms with van der Waals surface area (Å²) in [4.78, 5) is 23.5. The maximum atomic E-state index is 12.2. The molecule has 0 saturated carbocycles. The number of nitrogens with zero attached hydrogens (tertiary/aromatic N) is 2. The number of fused-ring (bicyclic) bond motifs is 3. The zero-order valence-electron chi connectivity index (χ0n) is 12.4. The number of thioether (sulfide) groups is 1. The van der Waals surface area contributed by atoms with E-state index in [4.69, 9.17) is 5.73 Å². The summed E-state index contributed by atoms with van der Waals surface area (Å²) in [7, 11) is 0. The van der Waals surface area contributed by atoms with Crippen molar-refractivity contribution in [3.8, 4) is 0 Å². The lowest BCUT2D eigenvalue weighted by atomic mass is 10.2. The number of rotatable bonds is 4. The van der Waals surface area contributed by atoms with E-state index in [-0.39, 0.29) is 5.78 Å². The topological polar surface area (TPSA) is 68.9 Å². The van der Waals surface area contributed by atoms with Gasteiger partial charge < -0.3 is 5.73 Å². The van der Waals surface area contributed by atoms with Crippen molar-refractivity contribution in [1.82, 2.24) is 9.97 Å². The first-order valence-electron chi connectivity index (χ1n) is 7.51. The van der Waals surface area contributed by atoms with E-state index in [1.54, 1.807) is 11.3 Å². The molecule has 6 heteroatoms. The van der Waals surface area contributed by atoms with E-state index in [0.717, 1.165) is 23.1 Å². The molecule has 0 saturated heterocycles. The van der Waals surface area contributed by atoms with Crippen molar-refractivity contribution < 1.29 is 4.79 Å². The lowest BCUT2D eigenvalue weighted by molar-refractivity contribution is 0.102. The van der Waals surface area contributed by atoms with Crippen LogP contribution in [0.3, 0.4) is 0 Å². The molecule has 2 aromatic heterocycles. The molecule has 0 spiro atoms. The van der Waals surface area contributed by atoms with Gasteiger partial charge in [-0.05, 0) is 24.8 Å². The third-order valence-electron chi connectivity index (χ3n) is 4.00. The molecule has 1 aliphatic rings. The number of aryl methyl sites for hydroxylation is 2. The van der Waals surface area contributed by atoms with Crippen molar-refractivity contribution in [3.63, 3.8) is 0 Å². The summed E-state index contributed by atoms with van der Waals surface area (Å²) in [5.41, 5.74) is 8.19. The molecule has 2 heterocycles. The smallest absolute Gasteiger partial charge is 0.191 e. The van der Waals surface area contributed by atoms with Crippen LogP contribution in [0.1, 0.15) is 27.2 Å². The molecular formula is C17H15N3OS2. The Balaban J connectivity index is 1.57. The molecule has 0 bridgehead atoms. The van der Waals surface area contributed by atoms with Gasteiger partial charge in [-0.2, -0.15) is 0 Å². The van der Waals surface area contributed by atoms with Crippen LogP contribution >= 0.6 is 23.1 Å². The Morgan fingerprint density at radius 2 is 2.04 bits per heavy atom. The molecule has 3 aromatic rings. The number of carbonyl (C=O) groups excluding carboxylic acids is 1. The van der Waals surface area contributed by atoms with Crippen molar-refractivity contribution in [1.29, 1.82) is 0 Å². The van der Waals surface area contributed by atoms with Crippen LogP contribution < -0.4 is 5.73 Å². The Kier molecular flexibility index (Phi) is 3.79. The van der Waals surface area contributed by atoms with E-state index in [1.165, 1.54) is 28.6 Å². The van der Waals surface area contributed by atoms with E-state index in [9.17, 15) is 4.79 Å². The fourth-order valence-corrected chi connectivity index (χ4v) is 4.98. The van der Waals surface area contributed by atoms with Crippen LogP contribution in [0.25, 0.3) is 10.2 Å². The number of carbonyl (C=O) groups is 1. The van der Waals surface area contributed by atoms with Crippen molar-refractivity contribution in [3.05, 3.63) is 46.3 Å². The van der Waals surface area contributed by atoms with Crippen molar-refractivity contribution in [2.45, 2.75) is 24.4 Å². The molecule has 0 aliphatic heterocycles. The van der Waals surface area contributed by atoms with E-state index < -0.39 is 0 Å². The van der Waals surface area contributed by atoms with Crippen LogP contribution in [-0.4, -0.2) is 21.5 Å². The lowest BCUT2D eigenvalue weighted by Gasteiger charge is -2.03. The van der Waals surface area contributed by atoms with Crippen LogP contribution in [0.5, 0.6) is 0 Å². The number of Topliss-reactive ketones (excluding diaryl/α,β-unsaturated/α-hetero) is 1. The predicted octanol–water partition coefficient (Wildman–Crippen LogP) is 3.74. The second-order valence-corrected chi connectivity index (χ2v) is 7.53. The first-order valence-corrected chi connectivity index (χ1v) is 9.31. The Morgan fingerprint density at radius 3 is 2.87 bits per heavy atom. The summed E-state index contributed by atoms with van der Waals surface area (Å²) in [6.45, 7) is 0. The molecule has 0 unspecified atom stereocenters. The minimum atomic E-state index is 0.0755. The number of nitrogen functional groups attached to an aromatic ring is 1. The van der Waals surface area contributed by atoms with Gasteiger partial charge in [0.1, 0.15) is 10.6 Å². The molecule has 2 N–H and O–H groups in total. The minimum absolute atomic E-state index is 0.0755. The van der Waals surface area contributed by atoms with E-state index >= 15 is 0 Å². The molecule has 23 heavy (non-hydrogen) atoms. The molecule has 4 nitrogen and oxygen atoms in total. The van der Waals surface area contributed by atoms with Gasteiger partial charge in [0.15, 0.2) is 10.9 Å². The summed E-state index contributed by atoms with van der Waals surface area (Å²) in [5, 5.41) is 1.61. The molecule has 4 rings (SSSR count). The molecule has 0 fully saturated rings. The monoisotopic (exact) mass is 341 g/mol. The number of nitrogens with two attached hydrogens (primary N) is 1. The van der Waals surface area contributed by atoms with E-state index in [1.807, 2.05) is 30.3 Å².